The van der Waals surface area contributed by atoms with Crippen LogP contribution < -0.4 is 21.3 Å². The molecule has 2 rings (SSSR count). The zero-order valence-electron chi connectivity index (χ0n) is 18.7. The standard InChI is InChI=1S/C22H38N6O2/c1-4-24-22(26-11-6-14-30-16-17(2)3)27-15-19-7-5-10-25-21(19)28-12-8-18(9-13-28)20(23)29/h5,7,10,17-18H,4,6,8-9,11-16H2,1-3H3,(H2,23,29)(H2,24,26,27). The highest BCUT2D eigenvalue weighted by Crippen LogP contribution is 2.24. The number of pyridine rings is 1. The largest absolute Gasteiger partial charge is 0.381 e. The minimum Gasteiger partial charge on any atom is -0.381 e. The van der Waals surface area contributed by atoms with E-state index in [4.69, 9.17) is 15.5 Å². The van der Waals surface area contributed by atoms with E-state index in [2.05, 4.69) is 47.4 Å². The van der Waals surface area contributed by atoms with E-state index >= 15 is 0 Å². The molecule has 0 aromatic carbocycles. The van der Waals surface area contributed by atoms with Crippen LogP contribution in [0.25, 0.3) is 0 Å². The van der Waals surface area contributed by atoms with Gasteiger partial charge in [-0.25, -0.2) is 9.98 Å². The van der Waals surface area contributed by atoms with E-state index < -0.39 is 0 Å². The van der Waals surface area contributed by atoms with Gasteiger partial charge in [-0.1, -0.05) is 19.9 Å². The Morgan fingerprint density at radius 1 is 1.37 bits per heavy atom. The number of hydrogen-bond acceptors (Lipinski definition) is 5. The Balaban J connectivity index is 1.90. The van der Waals surface area contributed by atoms with E-state index in [1.165, 1.54) is 0 Å². The summed E-state index contributed by atoms with van der Waals surface area (Å²) >= 11 is 0. The van der Waals surface area contributed by atoms with Crippen molar-refractivity contribution in [2.45, 2.75) is 46.6 Å². The van der Waals surface area contributed by atoms with Gasteiger partial charge < -0.3 is 26.0 Å². The van der Waals surface area contributed by atoms with Crippen molar-refractivity contribution in [1.82, 2.24) is 15.6 Å². The van der Waals surface area contributed by atoms with Crippen LogP contribution in [-0.2, 0) is 16.1 Å². The minimum absolute atomic E-state index is 0.0273. The van der Waals surface area contributed by atoms with Crippen LogP contribution in [0.2, 0.25) is 0 Å². The van der Waals surface area contributed by atoms with E-state index in [-0.39, 0.29) is 11.8 Å². The van der Waals surface area contributed by atoms with E-state index in [1.54, 1.807) is 0 Å². The highest BCUT2D eigenvalue weighted by Gasteiger charge is 2.24. The number of carbonyl (C=O) groups is 1. The van der Waals surface area contributed by atoms with Gasteiger partial charge in [0.25, 0.3) is 0 Å². The fourth-order valence-corrected chi connectivity index (χ4v) is 3.42. The Labute approximate surface area is 180 Å². The second kappa shape index (κ2) is 13.1. The predicted molar refractivity (Wildman–Crippen MR) is 121 cm³/mol. The number of primary amides is 1. The normalized spacial score (nSPS) is 15.5. The summed E-state index contributed by atoms with van der Waals surface area (Å²) in [5.41, 5.74) is 6.53. The molecule has 8 nitrogen and oxygen atoms in total. The lowest BCUT2D eigenvalue weighted by Crippen LogP contribution is -2.39. The maximum Gasteiger partial charge on any atom is 0.220 e. The van der Waals surface area contributed by atoms with Crippen molar-refractivity contribution in [3.05, 3.63) is 23.9 Å². The number of ether oxygens (including phenoxy) is 1. The Morgan fingerprint density at radius 3 is 2.80 bits per heavy atom. The van der Waals surface area contributed by atoms with E-state index in [1.807, 2.05) is 12.3 Å². The van der Waals surface area contributed by atoms with Crippen LogP contribution in [0.3, 0.4) is 0 Å². The first-order valence-electron chi connectivity index (χ1n) is 11.1. The van der Waals surface area contributed by atoms with E-state index in [9.17, 15) is 4.79 Å². The van der Waals surface area contributed by atoms with Crippen molar-refractivity contribution in [2.75, 3.05) is 44.3 Å². The van der Waals surface area contributed by atoms with Gasteiger partial charge in [0.15, 0.2) is 5.96 Å². The van der Waals surface area contributed by atoms with Crippen LogP contribution in [-0.4, -0.2) is 56.2 Å². The molecule has 0 saturated carbocycles. The molecule has 1 aromatic heterocycles. The summed E-state index contributed by atoms with van der Waals surface area (Å²) in [4.78, 5) is 23.0. The minimum atomic E-state index is -0.198. The van der Waals surface area contributed by atoms with Gasteiger partial charge in [-0.15, -0.1) is 0 Å². The molecule has 0 radical (unpaired) electrons. The molecular weight excluding hydrogens is 380 g/mol. The number of rotatable bonds is 11. The molecule has 0 unspecified atom stereocenters. The first-order chi connectivity index (χ1) is 14.5. The molecule has 0 aliphatic carbocycles. The van der Waals surface area contributed by atoms with Crippen molar-refractivity contribution in [2.24, 2.45) is 22.6 Å². The number of aromatic nitrogens is 1. The molecular formula is C22H38N6O2. The van der Waals surface area contributed by atoms with Gasteiger partial charge in [0, 0.05) is 57.1 Å². The molecule has 1 amide bonds. The Hall–Kier alpha value is -2.35. The number of hydrogen-bond donors (Lipinski definition) is 3. The van der Waals surface area contributed by atoms with Crippen molar-refractivity contribution < 1.29 is 9.53 Å². The molecule has 0 bridgehead atoms. The first-order valence-corrected chi connectivity index (χ1v) is 11.1. The molecule has 30 heavy (non-hydrogen) atoms. The summed E-state index contributed by atoms with van der Waals surface area (Å²) in [6, 6.07) is 4.01. The molecule has 0 spiro atoms. The number of anilines is 1. The van der Waals surface area contributed by atoms with Crippen molar-refractivity contribution >= 4 is 17.7 Å². The predicted octanol–water partition coefficient (Wildman–Crippen LogP) is 1.90. The number of piperidine rings is 1. The number of nitrogens with two attached hydrogens (primary N) is 1. The highest BCUT2D eigenvalue weighted by molar-refractivity contribution is 5.79. The first kappa shape index (κ1) is 23.9. The zero-order valence-corrected chi connectivity index (χ0v) is 18.7. The SMILES string of the molecule is CCNC(=NCc1cccnc1N1CCC(C(N)=O)CC1)NCCCOCC(C)C. The van der Waals surface area contributed by atoms with Crippen LogP contribution in [0.15, 0.2) is 23.3 Å². The average Bonchev–Trinajstić information content (AvgIpc) is 2.74. The van der Waals surface area contributed by atoms with Gasteiger partial charge in [0.1, 0.15) is 5.82 Å². The lowest BCUT2D eigenvalue weighted by Gasteiger charge is -2.32. The topological polar surface area (TPSA) is 105 Å². The molecule has 4 N–H and O–H groups in total. The van der Waals surface area contributed by atoms with Crippen LogP contribution in [0.4, 0.5) is 5.82 Å². The van der Waals surface area contributed by atoms with Gasteiger partial charge >= 0.3 is 0 Å². The lowest BCUT2D eigenvalue weighted by molar-refractivity contribution is -0.122. The molecule has 1 aromatic rings. The van der Waals surface area contributed by atoms with Gasteiger partial charge in [-0.3, -0.25) is 4.79 Å². The number of amides is 1. The third-order valence-corrected chi connectivity index (χ3v) is 5.03. The number of carbonyl (C=O) groups excluding carboxylic acids is 1. The molecule has 0 atom stereocenters. The van der Waals surface area contributed by atoms with Crippen LogP contribution in [0.5, 0.6) is 0 Å². The van der Waals surface area contributed by atoms with Crippen LogP contribution in [0, 0.1) is 11.8 Å². The molecule has 168 valence electrons. The van der Waals surface area contributed by atoms with E-state index in [0.717, 1.165) is 76.0 Å². The van der Waals surface area contributed by atoms with Crippen molar-refractivity contribution in [3.63, 3.8) is 0 Å². The van der Waals surface area contributed by atoms with Crippen LogP contribution >= 0.6 is 0 Å². The maximum atomic E-state index is 11.4. The molecule has 1 aliphatic heterocycles. The molecule has 1 aliphatic rings. The Bertz CT molecular complexity index is 671. The van der Waals surface area contributed by atoms with Gasteiger partial charge in [0.05, 0.1) is 6.54 Å². The fraction of sp³-hybridized carbons (Fsp3) is 0.682. The molecule has 8 heteroatoms. The molecule has 1 fully saturated rings. The third kappa shape index (κ3) is 8.18. The smallest absolute Gasteiger partial charge is 0.220 e. The van der Waals surface area contributed by atoms with Gasteiger partial charge in [-0.2, -0.15) is 0 Å². The quantitative estimate of drug-likeness (QED) is 0.288. The molecule has 1 saturated heterocycles. The van der Waals surface area contributed by atoms with E-state index in [0.29, 0.717) is 12.5 Å². The Kier molecular flexibility index (Phi) is 10.4. The second-order valence-electron chi connectivity index (χ2n) is 8.09. The number of aliphatic imine (C=N–C) groups is 1. The second-order valence-corrected chi connectivity index (χ2v) is 8.09. The highest BCUT2D eigenvalue weighted by atomic mass is 16.5. The average molecular weight is 419 g/mol. The zero-order chi connectivity index (χ0) is 21.8. The summed E-state index contributed by atoms with van der Waals surface area (Å²) < 4.78 is 5.63. The fourth-order valence-electron chi connectivity index (χ4n) is 3.42. The van der Waals surface area contributed by atoms with Crippen molar-refractivity contribution in [3.8, 4) is 0 Å². The van der Waals surface area contributed by atoms with Crippen LogP contribution in [0.1, 0.15) is 45.6 Å². The summed E-state index contributed by atoms with van der Waals surface area (Å²) in [6.45, 7) is 11.6. The lowest BCUT2D eigenvalue weighted by atomic mass is 9.96. The molecule has 2 heterocycles. The number of nitrogens with zero attached hydrogens (tertiary/aromatic N) is 3. The number of nitrogens with one attached hydrogen (secondary N) is 2. The van der Waals surface area contributed by atoms with Gasteiger partial charge in [-0.05, 0) is 38.2 Å². The monoisotopic (exact) mass is 418 g/mol. The summed E-state index contributed by atoms with van der Waals surface area (Å²) in [7, 11) is 0. The Morgan fingerprint density at radius 2 is 2.13 bits per heavy atom. The van der Waals surface area contributed by atoms with Gasteiger partial charge in [0.2, 0.25) is 5.91 Å². The summed E-state index contributed by atoms with van der Waals surface area (Å²) in [5.74, 6) is 2.08. The maximum absolute atomic E-state index is 11.4. The summed E-state index contributed by atoms with van der Waals surface area (Å²) in [6.07, 6.45) is 4.29. The summed E-state index contributed by atoms with van der Waals surface area (Å²) in [5, 5.41) is 6.66. The number of guanidine groups is 1. The van der Waals surface area contributed by atoms with Crippen molar-refractivity contribution in [1.29, 1.82) is 0 Å². The third-order valence-electron chi connectivity index (χ3n) is 5.03.